The van der Waals surface area contributed by atoms with Gasteiger partial charge in [0.25, 0.3) is 0 Å². The third-order valence-corrected chi connectivity index (χ3v) is 6.26. The van der Waals surface area contributed by atoms with E-state index in [0.717, 1.165) is 37.3 Å². The quantitative estimate of drug-likeness (QED) is 0.263. The number of hydrogen-bond donors (Lipinski definition) is 2. The Morgan fingerprint density at radius 3 is 1.44 bits per heavy atom. The van der Waals surface area contributed by atoms with Gasteiger partial charge in [-0.1, -0.05) is 89.5 Å². The van der Waals surface area contributed by atoms with Crippen molar-refractivity contribution < 1.29 is 9.59 Å². The first-order chi connectivity index (χ1) is 15.7. The molecule has 0 radical (unpaired) electrons. The number of unbranched alkanes of at least 4 members (excludes halogenated alkanes) is 8. The molecular formula is C28H38N2O2. The molecule has 0 saturated carbocycles. The Hall–Kier alpha value is -2.62. The van der Waals surface area contributed by atoms with Gasteiger partial charge in [0, 0.05) is 35.6 Å². The zero-order valence-corrected chi connectivity index (χ0v) is 19.8. The maximum atomic E-state index is 13.6. The first-order valence-electron chi connectivity index (χ1n) is 12.5. The van der Waals surface area contributed by atoms with Gasteiger partial charge in [0.2, 0.25) is 0 Å². The number of benzene rings is 2. The van der Waals surface area contributed by atoms with Crippen LogP contribution in [0, 0.1) is 0 Å². The molecule has 1 aliphatic carbocycles. The highest BCUT2D eigenvalue weighted by Crippen LogP contribution is 2.35. The molecule has 0 amide bonds. The summed E-state index contributed by atoms with van der Waals surface area (Å²) in [6, 6.07) is 11.1. The van der Waals surface area contributed by atoms with Gasteiger partial charge < -0.3 is 10.6 Å². The summed E-state index contributed by atoms with van der Waals surface area (Å²) in [5.74, 6) is -0.120. The molecule has 172 valence electrons. The van der Waals surface area contributed by atoms with Crippen molar-refractivity contribution in [2.24, 2.45) is 0 Å². The van der Waals surface area contributed by atoms with Gasteiger partial charge in [0.1, 0.15) is 0 Å². The summed E-state index contributed by atoms with van der Waals surface area (Å²) in [6.07, 6.45) is 11.9. The van der Waals surface area contributed by atoms with E-state index in [9.17, 15) is 9.59 Å². The van der Waals surface area contributed by atoms with E-state index < -0.39 is 0 Å². The number of carbonyl (C=O) groups excluding carboxylic acids is 2. The second kappa shape index (κ2) is 12.4. The Bertz CT molecular complexity index is 848. The lowest BCUT2D eigenvalue weighted by atomic mass is 9.82. The molecule has 0 unspecified atom stereocenters. The van der Waals surface area contributed by atoms with E-state index in [1.165, 1.54) is 51.4 Å². The minimum atomic E-state index is -0.0622. The topological polar surface area (TPSA) is 58.2 Å². The average molecular weight is 435 g/mol. The summed E-state index contributed by atoms with van der Waals surface area (Å²) >= 11 is 0. The first kappa shape index (κ1) is 24.0. The fraction of sp³-hybridized carbons (Fsp3) is 0.500. The van der Waals surface area contributed by atoms with Crippen molar-refractivity contribution in [3.05, 3.63) is 58.7 Å². The van der Waals surface area contributed by atoms with Crippen molar-refractivity contribution in [1.29, 1.82) is 0 Å². The highest BCUT2D eigenvalue weighted by Gasteiger charge is 2.33. The number of nitrogens with one attached hydrogen (secondary N) is 2. The number of rotatable bonds is 14. The molecule has 0 fully saturated rings. The molecule has 0 aromatic heterocycles. The van der Waals surface area contributed by atoms with Crippen LogP contribution in [0.3, 0.4) is 0 Å². The Balaban J connectivity index is 1.74. The third-order valence-electron chi connectivity index (χ3n) is 6.26. The van der Waals surface area contributed by atoms with Gasteiger partial charge in [-0.15, -0.1) is 0 Å². The molecular weight excluding hydrogens is 396 g/mol. The molecule has 0 spiro atoms. The Morgan fingerprint density at radius 1 is 0.562 bits per heavy atom. The van der Waals surface area contributed by atoms with Crippen molar-refractivity contribution >= 4 is 22.9 Å². The van der Waals surface area contributed by atoms with Crippen LogP contribution < -0.4 is 10.6 Å². The van der Waals surface area contributed by atoms with Crippen molar-refractivity contribution in [3.63, 3.8) is 0 Å². The number of anilines is 2. The van der Waals surface area contributed by atoms with Crippen LogP contribution in [0.25, 0.3) is 0 Å². The minimum absolute atomic E-state index is 0.0576. The Labute approximate surface area is 193 Å². The lowest BCUT2D eigenvalue weighted by Gasteiger charge is -2.23. The standard InChI is InChI=1S/C28H38N2O2/c1-3-5-7-9-11-19-29-23-17-13-15-21-25(23)28(32)26-22(27(21)31)16-14-18-24(26)30-20-12-10-8-6-4-2/h13-18,29-30H,3-12,19-20H2,1-2H3. The minimum Gasteiger partial charge on any atom is -0.384 e. The van der Waals surface area contributed by atoms with Gasteiger partial charge in [0.05, 0.1) is 11.1 Å². The predicted molar refractivity (Wildman–Crippen MR) is 134 cm³/mol. The van der Waals surface area contributed by atoms with Gasteiger partial charge in [-0.2, -0.15) is 0 Å². The lowest BCUT2D eigenvalue weighted by molar-refractivity contribution is 0.0980. The zero-order chi connectivity index (χ0) is 22.8. The number of hydrogen-bond acceptors (Lipinski definition) is 4. The first-order valence-corrected chi connectivity index (χ1v) is 12.5. The van der Waals surface area contributed by atoms with E-state index in [1.54, 1.807) is 12.1 Å². The predicted octanol–water partition coefficient (Wildman–Crippen LogP) is 7.23. The van der Waals surface area contributed by atoms with Crippen molar-refractivity contribution in [2.75, 3.05) is 23.7 Å². The Morgan fingerprint density at radius 2 is 1.00 bits per heavy atom. The molecule has 2 N–H and O–H groups in total. The number of ketones is 2. The van der Waals surface area contributed by atoms with Crippen molar-refractivity contribution in [2.45, 2.75) is 78.1 Å². The van der Waals surface area contributed by atoms with E-state index in [4.69, 9.17) is 0 Å². The SMILES string of the molecule is CCCCCCCNc1cccc2c1C(=O)c1c(NCCCCCCC)cccc1C2=O. The monoisotopic (exact) mass is 434 g/mol. The highest BCUT2D eigenvalue weighted by atomic mass is 16.1. The van der Waals surface area contributed by atoms with Crippen LogP contribution in [0.4, 0.5) is 11.4 Å². The summed E-state index contributed by atoms with van der Waals surface area (Å²) in [5.41, 5.74) is 3.62. The molecule has 0 heterocycles. The van der Waals surface area contributed by atoms with Crippen LogP contribution in [0.2, 0.25) is 0 Å². The van der Waals surface area contributed by atoms with E-state index >= 15 is 0 Å². The molecule has 2 aromatic carbocycles. The second-order valence-electron chi connectivity index (χ2n) is 8.80. The molecule has 4 heteroatoms. The van der Waals surface area contributed by atoms with Crippen LogP contribution in [0.5, 0.6) is 0 Å². The summed E-state index contributed by atoms with van der Waals surface area (Å²) in [5, 5.41) is 6.86. The van der Waals surface area contributed by atoms with Gasteiger partial charge in [-0.05, 0) is 25.0 Å². The summed E-state index contributed by atoms with van der Waals surface area (Å²) < 4.78 is 0. The molecule has 3 rings (SSSR count). The van der Waals surface area contributed by atoms with Crippen LogP contribution in [-0.2, 0) is 0 Å². The van der Waals surface area contributed by atoms with E-state index in [2.05, 4.69) is 24.5 Å². The van der Waals surface area contributed by atoms with Gasteiger partial charge in [-0.25, -0.2) is 0 Å². The lowest BCUT2D eigenvalue weighted by Crippen LogP contribution is -2.24. The molecule has 0 atom stereocenters. The van der Waals surface area contributed by atoms with Crippen molar-refractivity contribution in [3.8, 4) is 0 Å². The Kier molecular flexibility index (Phi) is 9.33. The third kappa shape index (κ3) is 5.79. The van der Waals surface area contributed by atoms with E-state index in [1.807, 2.05) is 24.3 Å². The fourth-order valence-electron chi connectivity index (χ4n) is 4.44. The molecule has 0 saturated heterocycles. The van der Waals surface area contributed by atoms with Gasteiger partial charge in [-0.3, -0.25) is 9.59 Å². The highest BCUT2D eigenvalue weighted by molar-refractivity contribution is 6.31. The number of carbonyl (C=O) groups is 2. The normalized spacial score (nSPS) is 12.4. The van der Waals surface area contributed by atoms with Gasteiger partial charge >= 0.3 is 0 Å². The molecule has 32 heavy (non-hydrogen) atoms. The van der Waals surface area contributed by atoms with Crippen LogP contribution in [0.15, 0.2) is 36.4 Å². The largest absolute Gasteiger partial charge is 0.384 e. The maximum Gasteiger partial charge on any atom is 0.198 e. The summed E-state index contributed by atoms with van der Waals surface area (Å²) in [4.78, 5) is 26.9. The fourth-order valence-corrected chi connectivity index (χ4v) is 4.44. The number of fused-ring (bicyclic) bond motifs is 2. The van der Waals surface area contributed by atoms with Crippen molar-refractivity contribution in [1.82, 2.24) is 0 Å². The van der Waals surface area contributed by atoms with Crippen LogP contribution in [0.1, 0.15) is 110 Å². The summed E-state index contributed by atoms with van der Waals surface area (Å²) in [6.45, 7) is 6.05. The summed E-state index contributed by atoms with van der Waals surface area (Å²) in [7, 11) is 0. The smallest absolute Gasteiger partial charge is 0.198 e. The average Bonchev–Trinajstić information content (AvgIpc) is 2.81. The molecule has 0 aliphatic heterocycles. The molecule has 2 aromatic rings. The van der Waals surface area contributed by atoms with E-state index in [0.29, 0.717) is 22.3 Å². The second-order valence-corrected chi connectivity index (χ2v) is 8.80. The molecule has 4 nitrogen and oxygen atoms in total. The zero-order valence-electron chi connectivity index (χ0n) is 19.8. The molecule has 0 bridgehead atoms. The van der Waals surface area contributed by atoms with Crippen LogP contribution >= 0.6 is 0 Å². The molecule has 1 aliphatic rings. The maximum absolute atomic E-state index is 13.6. The van der Waals surface area contributed by atoms with Crippen LogP contribution in [-0.4, -0.2) is 24.7 Å². The van der Waals surface area contributed by atoms with Gasteiger partial charge in [0.15, 0.2) is 11.6 Å². The van der Waals surface area contributed by atoms with E-state index in [-0.39, 0.29) is 11.6 Å².